The molecule has 0 amide bonds. The SMILES string of the molecule is CC(C)(N)CSc1ccc2c(c1)CCCC2. The van der Waals surface area contributed by atoms with Gasteiger partial charge < -0.3 is 5.73 Å². The molecule has 1 aromatic carbocycles. The second-order valence-electron chi connectivity index (χ2n) is 5.41. The second-order valence-corrected chi connectivity index (χ2v) is 6.46. The van der Waals surface area contributed by atoms with E-state index in [2.05, 4.69) is 32.0 Å². The van der Waals surface area contributed by atoms with Crippen LogP contribution in [0.25, 0.3) is 0 Å². The van der Waals surface area contributed by atoms with Gasteiger partial charge in [-0.25, -0.2) is 0 Å². The van der Waals surface area contributed by atoms with Gasteiger partial charge in [-0.05, 0) is 62.8 Å². The lowest BCUT2D eigenvalue weighted by Crippen LogP contribution is -2.34. The van der Waals surface area contributed by atoms with Gasteiger partial charge in [0.25, 0.3) is 0 Å². The third-order valence-electron chi connectivity index (χ3n) is 2.93. The van der Waals surface area contributed by atoms with Crippen LogP contribution >= 0.6 is 11.8 Å². The fourth-order valence-electron chi connectivity index (χ4n) is 2.07. The van der Waals surface area contributed by atoms with Crippen molar-refractivity contribution < 1.29 is 0 Å². The van der Waals surface area contributed by atoms with Crippen LogP contribution in [0.2, 0.25) is 0 Å². The molecule has 0 aliphatic heterocycles. The molecule has 2 N–H and O–H groups in total. The number of rotatable bonds is 3. The van der Waals surface area contributed by atoms with E-state index in [1.165, 1.54) is 30.6 Å². The van der Waals surface area contributed by atoms with Crippen LogP contribution in [0.4, 0.5) is 0 Å². The van der Waals surface area contributed by atoms with Gasteiger partial charge in [0.2, 0.25) is 0 Å². The van der Waals surface area contributed by atoms with Gasteiger partial charge in [0, 0.05) is 16.2 Å². The molecule has 0 bridgehead atoms. The van der Waals surface area contributed by atoms with Crippen molar-refractivity contribution in [3.63, 3.8) is 0 Å². The molecule has 0 fully saturated rings. The van der Waals surface area contributed by atoms with Crippen LogP contribution in [-0.2, 0) is 12.8 Å². The molecule has 0 saturated carbocycles. The summed E-state index contributed by atoms with van der Waals surface area (Å²) in [4.78, 5) is 1.37. The summed E-state index contributed by atoms with van der Waals surface area (Å²) in [5.41, 5.74) is 9.04. The third-order valence-corrected chi connectivity index (χ3v) is 4.41. The molecule has 16 heavy (non-hydrogen) atoms. The highest BCUT2D eigenvalue weighted by Gasteiger charge is 2.13. The molecule has 0 unspecified atom stereocenters. The number of nitrogens with two attached hydrogens (primary N) is 1. The topological polar surface area (TPSA) is 26.0 Å². The summed E-state index contributed by atoms with van der Waals surface area (Å²) in [6.07, 6.45) is 5.23. The molecule has 0 saturated heterocycles. The minimum atomic E-state index is -0.0828. The Labute approximate surface area is 103 Å². The average Bonchev–Trinajstić information content (AvgIpc) is 2.25. The van der Waals surface area contributed by atoms with Gasteiger partial charge in [-0.2, -0.15) is 0 Å². The minimum absolute atomic E-state index is 0.0828. The van der Waals surface area contributed by atoms with E-state index in [-0.39, 0.29) is 5.54 Å². The standard InChI is InChI=1S/C14H21NS/c1-14(2,15)10-16-13-8-7-11-5-3-4-6-12(11)9-13/h7-9H,3-6,10,15H2,1-2H3. The third kappa shape index (κ3) is 3.26. The maximum atomic E-state index is 6.00. The number of hydrogen-bond acceptors (Lipinski definition) is 2. The van der Waals surface area contributed by atoms with E-state index in [9.17, 15) is 0 Å². The first-order valence-electron chi connectivity index (χ1n) is 6.08. The van der Waals surface area contributed by atoms with Crippen molar-refractivity contribution in [2.45, 2.75) is 50.0 Å². The van der Waals surface area contributed by atoms with Crippen molar-refractivity contribution in [2.75, 3.05) is 5.75 Å². The van der Waals surface area contributed by atoms with E-state index in [4.69, 9.17) is 5.73 Å². The summed E-state index contributed by atoms with van der Waals surface area (Å²) in [7, 11) is 0. The zero-order valence-electron chi connectivity index (χ0n) is 10.3. The van der Waals surface area contributed by atoms with E-state index in [1.807, 2.05) is 11.8 Å². The van der Waals surface area contributed by atoms with Crippen molar-refractivity contribution in [2.24, 2.45) is 5.73 Å². The molecule has 1 nitrogen and oxygen atoms in total. The van der Waals surface area contributed by atoms with Crippen molar-refractivity contribution in [3.05, 3.63) is 29.3 Å². The predicted molar refractivity (Wildman–Crippen MR) is 72.1 cm³/mol. The molecule has 2 heteroatoms. The van der Waals surface area contributed by atoms with Crippen LogP contribution in [0.3, 0.4) is 0 Å². The Hall–Kier alpha value is -0.470. The highest BCUT2D eigenvalue weighted by molar-refractivity contribution is 7.99. The summed E-state index contributed by atoms with van der Waals surface area (Å²) in [5.74, 6) is 0.978. The summed E-state index contributed by atoms with van der Waals surface area (Å²) >= 11 is 1.88. The van der Waals surface area contributed by atoms with Crippen molar-refractivity contribution >= 4 is 11.8 Å². The van der Waals surface area contributed by atoms with Gasteiger partial charge in [-0.15, -0.1) is 11.8 Å². The number of hydrogen-bond donors (Lipinski definition) is 1. The summed E-state index contributed by atoms with van der Waals surface area (Å²) in [5, 5.41) is 0. The van der Waals surface area contributed by atoms with Crippen LogP contribution in [0, 0.1) is 0 Å². The number of fused-ring (bicyclic) bond motifs is 1. The number of thioether (sulfide) groups is 1. The fourth-order valence-corrected chi connectivity index (χ4v) is 3.00. The zero-order chi connectivity index (χ0) is 11.6. The molecular formula is C14H21NS. The smallest absolute Gasteiger partial charge is 0.0192 e. The molecular weight excluding hydrogens is 214 g/mol. The van der Waals surface area contributed by atoms with Gasteiger partial charge in [0.1, 0.15) is 0 Å². The lowest BCUT2D eigenvalue weighted by Gasteiger charge is -2.19. The summed E-state index contributed by atoms with van der Waals surface area (Å²) in [6.45, 7) is 4.16. The van der Waals surface area contributed by atoms with Gasteiger partial charge in [0.05, 0.1) is 0 Å². The molecule has 1 aliphatic rings. The highest BCUT2D eigenvalue weighted by atomic mass is 32.2. The Morgan fingerprint density at radius 1 is 1.19 bits per heavy atom. The Morgan fingerprint density at radius 2 is 1.88 bits per heavy atom. The lowest BCUT2D eigenvalue weighted by molar-refractivity contribution is 0.591. The van der Waals surface area contributed by atoms with E-state index in [0.717, 1.165) is 5.75 Å². The van der Waals surface area contributed by atoms with Gasteiger partial charge in [-0.1, -0.05) is 6.07 Å². The molecule has 0 spiro atoms. The molecule has 1 aromatic rings. The predicted octanol–water partition coefficient (Wildman–Crippen LogP) is 3.39. The van der Waals surface area contributed by atoms with Crippen LogP contribution in [0.5, 0.6) is 0 Å². The van der Waals surface area contributed by atoms with Crippen LogP contribution in [-0.4, -0.2) is 11.3 Å². The first-order chi connectivity index (χ1) is 7.54. The second kappa shape index (κ2) is 4.80. The lowest BCUT2D eigenvalue weighted by atomic mass is 9.92. The normalized spacial score (nSPS) is 15.9. The maximum absolute atomic E-state index is 6.00. The monoisotopic (exact) mass is 235 g/mol. The van der Waals surface area contributed by atoms with E-state index in [1.54, 1.807) is 11.1 Å². The minimum Gasteiger partial charge on any atom is -0.325 e. The number of benzene rings is 1. The molecule has 0 heterocycles. The van der Waals surface area contributed by atoms with Crippen molar-refractivity contribution in [3.8, 4) is 0 Å². The van der Waals surface area contributed by atoms with Gasteiger partial charge in [-0.3, -0.25) is 0 Å². The summed E-state index contributed by atoms with van der Waals surface area (Å²) in [6, 6.07) is 6.92. The molecule has 88 valence electrons. The molecule has 0 atom stereocenters. The molecule has 0 aromatic heterocycles. The maximum Gasteiger partial charge on any atom is 0.0192 e. The van der Waals surface area contributed by atoms with Crippen LogP contribution in [0.15, 0.2) is 23.1 Å². The van der Waals surface area contributed by atoms with E-state index >= 15 is 0 Å². The molecule has 1 aliphatic carbocycles. The van der Waals surface area contributed by atoms with E-state index < -0.39 is 0 Å². The Morgan fingerprint density at radius 3 is 2.56 bits per heavy atom. The Bertz CT molecular complexity index is 365. The highest BCUT2D eigenvalue weighted by Crippen LogP contribution is 2.28. The zero-order valence-corrected chi connectivity index (χ0v) is 11.1. The van der Waals surface area contributed by atoms with E-state index in [0.29, 0.717) is 0 Å². The van der Waals surface area contributed by atoms with Crippen LogP contribution < -0.4 is 5.73 Å². The van der Waals surface area contributed by atoms with Crippen molar-refractivity contribution in [1.29, 1.82) is 0 Å². The quantitative estimate of drug-likeness (QED) is 0.813. The average molecular weight is 235 g/mol. The molecule has 2 rings (SSSR count). The van der Waals surface area contributed by atoms with Gasteiger partial charge >= 0.3 is 0 Å². The largest absolute Gasteiger partial charge is 0.325 e. The first-order valence-corrected chi connectivity index (χ1v) is 7.07. The number of aryl methyl sites for hydroxylation is 2. The van der Waals surface area contributed by atoms with Crippen molar-refractivity contribution in [1.82, 2.24) is 0 Å². The Balaban J connectivity index is 2.06. The first kappa shape index (κ1) is 12.0. The summed E-state index contributed by atoms with van der Waals surface area (Å²) < 4.78 is 0. The Kier molecular flexibility index (Phi) is 3.60. The van der Waals surface area contributed by atoms with Gasteiger partial charge in [0.15, 0.2) is 0 Å². The fraction of sp³-hybridized carbons (Fsp3) is 0.571. The molecule has 0 radical (unpaired) electrons. The van der Waals surface area contributed by atoms with Crippen LogP contribution in [0.1, 0.15) is 37.8 Å².